The monoisotopic (exact) mass is 284 g/mol. The van der Waals surface area contributed by atoms with Gasteiger partial charge >= 0.3 is 5.51 Å². The van der Waals surface area contributed by atoms with Crippen molar-refractivity contribution in [3.63, 3.8) is 0 Å². The molecule has 1 aliphatic rings. The normalized spacial score (nSPS) is 25.7. The van der Waals surface area contributed by atoms with Gasteiger partial charge in [0, 0.05) is 37.0 Å². The lowest BCUT2D eigenvalue weighted by Crippen LogP contribution is -2.63. The second-order valence-electron chi connectivity index (χ2n) is 5.78. The van der Waals surface area contributed by atoms with Gasteiger partial charge in [0.25, 0.3) is 0 Å². The molecule has 0 aromatic carbocycles. The number of rotatable bonds is 4. The Morgan fingerprint density at radius 3 is 2.50 bits per heavy atom. The Morgan fingerprint density at radius 2 is 2.00 bits per heavy atom. The smallest absolute Gasteiger partial charge is 0.311 e. The van der Waals surface area contributed by atoms with E-state index >= 15 is 0 Å². The SMILES string of the molecule is CC(C)C1CN(CCSC(F)(F)F)C(C)(C)CN1. The Morgan fingerprint density at radius 1 is 1.39 bits per heavy atom. The van der Waals surface area contributed by atoms with Crippen molar-refractivity contribution in [2.24, 2.45) is 5.92 Å². The third-order valence-electron chi connectivity index (χ3n) is 3.50. The topological polar surface area (TPSA) is 15.3 Å². The molecule has 1 N–H and O–H groups in total. The average molecular weight is 284 g/mol. The second-order valence-corrected chi connectivity index (χ2v) is 6.94. The van der Waals surface area contributed by atoms with Crippen molar-refractivity contribution in [2.45, 2.75) is 44.8 Å². The quantitative estimate of drug-likeness (QED) is 0.854. The molecular formula is C12H23F3N2S. The first kappa shape index (κ1) is 16.1. The van der Waals surface area contributed by atoms with Gasteiger partial charge < -0.3 is 5.32 Å². The van der Waals surface area contributed by atoms with Crippen LogP contribution < -0.4 is 5.32 Å². The molecule has 0 aromatic rings. The lowest BCUT2D eigenvalue weighted by atomic mass is 9.93. The third-order valence-corrected chi connectivity index (χ3v) is 4.22. The molecule has 108 valence electrons. The minimum atomic E-state index is -4.12. The van der Waals surface area contributed by atoms with Crippen molar-refractivity contribution < 1.29 is 13.2 Å². The van der Waals surface area contributed by atoms with Crippen molar-refractivity contribution in [3.05, 3.63) is 0 Å². The Kier molecular flexibility index (Phi) is 5.38. The molecule has 1 saturated heterocycles. The van der Waals surface area contributed by atoms with E-state index in [0.717, 1.165) is 13.1 Å². The zero-order valence-electron chi connectivity index (χ0n) is 11.5. The van der Waals surface area contributed by atoms with E-state index in [1.807, 2.05) is 0 Å². The highest BCUT2D eigenvalue weighted by atomic mass is 32.2. The summed E-state index contributed by atoms with van der Waals surface area (Å²) < 4.78 is 36.4. The van der Waals surface area contributed by atoms with Crippen LogP contribution in [0.5, 0.6) is 0 Å². The van der Waals surface area contributed by atoms with Gasteiger partial charge in [-0.2, -0.15) is 13.2 Å². The van der Waals surface area contributed by atoms with Crippen LogP contribution in [0.2, 0.25) is 0 Å². The summed E-state index contributed by atoms with van der Waals surface area (Å²) in [6.45, 7) is 10.6. The van der Waals surface area contributed by atoms with E-state index in [4.69, 9.17) is 0 Å². The Balaban J connectivity index is 2.49. The molecule has 0 bridgehead atoms. The summed E-state index contributed by atoms with van der Waals surface area (Å²) >= 11 is 0.0755. The van der Waals surface area contributed by atoms with E-state index in [9.17, 15) is 13.2 Å². The highest BCUT2D eigenvalue weighted by molar-refractivity contribution is 8.00. The minimum Gasteiger partial charge on any atom is -0.311 e. The number of thioether (sulfide) groups is 1. The van der Waals surface area contributed by atoms with Gasteiger partial charge in [-0.1, -0.05) is 13.8 Å². The van der Waals surface area contributed by atoms with E-state index < -0.39 is 5.51 Å². The fraction of sp³-hybridized carbons (Fsp3) is 1.00. The summed E-state index contributed by atoms with van der Waals surface area (Å²) in [4.78, 5) is 2.17. The van der Waals surface area contributed by atoms with Gasteiger partial charge in [-0.25, -0.2) is 0 Å². The fourth-order valence-corrected chi connectivity index (χ4v) is 2.70. The Hall–Kier alpha value is 0.0600. The summed E-state index contributed by atoms with van der Waals surface area (Å²) in [5.74, 6) is 0.608. The zero-order chi connectivity index (χ0) is 14.0. The first-order chi connectivity index (χ1) is 8.12. The van der Waals surface area contributed by atoms with Crippen molar-refractivity contribution in [2.75, 3.05) is 25.4 Å². The number of hydrogen-bond donors (Lipinski definition) is 1. The van der Waals surface area contributed by atoms with Crippen molar-refractivity contribution >= 4 is 11.8 Å². The van der Waals surface area contributed by atoms with E-state index in [-0.39, 0.29) is 23.1 Å². The van der Waals surface area contributed by atoms with Crippen LogP contribution in [-0.4, -0.2) is 47.4 Å². The molecule has 2 nitrogen and oxygen atoms in total. The standard InChI is InChI=1S/C12H23F3N2S/c1-9(2)10-7-17(11(3,4)8-16-10)5-6-18-12(13,14)15/h9-10,16H,5-8H2,1-4H3. The first-order valence-electron chi connectivity index (χ1n) is 6.31. The Labute approximate surface area is 112 Å². The first-order valence-corrected chi connectivity index (χ1v) is 7.29. The summed E-state index contributed by atoms with van der Waals surface area (Å²) in [6.07, 6.45) is 0. The number of alkyl halides is 3. The molecule has 0 aromatic heterocycles. The van der Waals surface area contributed by atoms with Crippen LogP contribution in [0.1, 0.15) is 27.7 Å². The number of nitrogens with one attached hydrogen (secondary N) is 1. The van der Waals surface area contributed by atoms with Gasteiger partial charge in [0.2, 0.25) is 0 Å². The summed E-state index contributed by atoms with van der Waals surface area (Å²) in [7, 11) is 0. The van der Waals surface area contributed by atoms with Crippen LogP contribution in [-0.2, 0) is 0 Å². The van der Waals surface area contributed by atoms with Crippen molar-refractivity contribution in [3.8, 4) is 0 Å². The molecule has 1 heterocycles. The molecule has 0 aliphatic carbocycles. The van der Waals surface area contributed by atoms with Gasteiger partial charge in [-0.15, -0.1) is 0 Å². The molecule has 0 spiro atoms. The maximum atomic E-state index is 12.1. The maximum absolute atomic E-state index is 12.1. The summed E-state index contributed by atoms with van der Waals surface area (Å²) in [5.41, 5.74) is -4.19. The molecule has 1 atom stereocenters. The van der Waals surface area contributed by atoms with Gasteiger partial charge in [0.1, 0.15) is 0 Å². The van der Waals surface area contributed by atoms with Crippen LogP contribution >= 0.6 is 11.8 Å². The number of nitrogens with zero attached hydrogens (tertiary/aromatic N) is 1. The molecular weight excluding hydrogens is 261 g/mol. The highest BCUT2D eigenvalue weighted by Gasteiger charge is 2.35. The minimum absolute atomic E-state index is 0.0719. The van der Waals surface area contributed by atoms with E-state index in [1.54, 1.807) is 0 Å². The van der Waals surface area contributed by atoms with Crippen LogP contribution in [0, 0.1) is 5.92 Å². The molecule has 0 saturated carbocycles. The predicted molar refractivity (Wildman–Crippen MR) is 70.8 cm³/mol. The third kappa shape index (κ3) is 4.97. The van der Waals surface area contributed by atoms with Crippen LogP contribution in [0.3, 0.4) is 0 Å². The highest BCUT2D eigenvalue weighted by Crippen LogP contribution is 2.31. The lowest BCUT2D eigenvalue weighted by molar-refractivity contribution is -0.0331. The maximum Gasteiger partial charge on any atom is 0.441 e. The largest absolute Gasteiger partial charge is 0.441 e. The van der Waals surface area contributed by atoms with Gasteiger partial charge in [-0.3, -0.25) is 4.90 Å². The summed E-state index contributed by atoms with van der Waals surface area (Å²) in [6, 6.07) is 0.369. The average Bonchev–Trinajstić information content (AvgIpc) is 2.18. The number of hydrogen-bond acceptors (Lipinski definition) is 3. The van der Waals surface area contributed by atoms with Crippen molar-refractivity contribution in [1.82, 2.24) is 10.2 Å². The fourth-order valence-electron chi connectivity index (χ4n) is 2.15. The lowest BCUT2D eigenvalue weighted by Gasteiger charge is -2.47. The summed E-state index contributed by atoms with van der Waals surface area (Å²) in [5, 5.41) is 3.47. The molecule has 0 radical (unpaired) electrons. The molecule has 1 aliphatic heterocycles. The molecule has 1 fully saturated rings. The van der Waals surface area contributed by atoms with Gasteiger partial charge in [0.15, 0.2) is 0 Å². The van der Waals surface area contributed by atoms with Crippen molar-refractivity contribution in [1.29, 1.82) is 0 Å². The van der Waals surface area contributed by atoms with Crippen LogP contribution in [0.4, 0.5) is 13.2 Å². The molecule has 1 rings (SSSR count). The molecule has 1 unspecified atom stereocenters. The molecule has 18 heavy (non-hydrogen) atoms. The van der Waals surface area contributed by atoms with Crippen LogP contribution in [0.25, 0.3) is 0 Å². The van der Waals surface area contributed by atoms with Gasteiger partial charge in [-0.05, 0) is 31.5 Å². The van der Waals surface area contributed by atoms with Crippen LogP contribution in [0.15, 0.2) is 0 Å². The second kappa shape index (κ2) is 6.01. The molecule has 6 heteroatoms. The van der Waals surface area contributed by atoms with E-state index in [0.29, 0.717) is 18.5 Å². The van der Waals surface area contributed by atoms with Gasteiger partial charge in [0.05, 0.1) is 0 Å². The van der Waals surface area contributed by atoms with E-state index in [2.05, 4.69) is 37.9 Å². The number of halogens is 3. The molecule has 0 amide bonds. The Bertz CT molecular complexity index is 267. The number of piperazine rings is 1. The predicted octanol–water partition coefficient (Wildman–Crippen LogP) is 2.95. The van der Waals surface area contributed by atoms with E-state index in [1.165, 1.54) is 0 Å². The zero-order valence-corrected chi connectivity index (χ0v) is 12.3.